The molecule has 14 heavy (non-hydrogen) atoms. The quantitative estimate of drug-likeness (QED) is 0.733. The second-order valence-corrected chi connectivity index (χ2v) is 3.83. The van der Waals surface area contributed by atoms with E-state index in [1.165, 1.54) is 11.1 Å². The van der Waals surface area contributed by atoms with Crippen LogP contribution in [0.1, 0.15) is 24.5 Å². The van der Waals surface area contributed by atoms with Gasteiger partial charge in [0.2, 0.25) is 0 Å². The van der Waals surface area contributed by atoms with E-state index in [1.807, 2.05) is 6.20 Å². The first-order valence-electron chi connectivity index (χ1n) is 4.89. The fraction of sp³-hybridized carbons (Fsp3) is 0.455. The minimum absolute atomic E-state index is 0.0221. The number of carbonyl (C=O) groups excluding carboxylic acids is 1. The monoisotopic (exact) mass is 190 g/mol. The van der Waals surface area contributed by atoms with Crippen molar-refractivity contribution in [1.82, 2.24) is 4.98 Å². The lowest BCUT2D eigenvalue weighted by Crippen LogP contribution is -2.32. The van der Waals surface area contributed by atoms with Crippen molar-refractivity contribution in [3.05, 3.63) is 23.5 Å². The molecule has 0 fully saturated rings. The van der Waals surface area contributed by atoms with Crippen LogP contribution in [0.15, 0.2) is 12.4 Å². The number of Topliss-reactive ketones (excluding diaryl/α,β-unsaturated/α-hetero) is 1. The number of nitrogens with zero attached hydrogens (tertiary/aromatic N) is 1. The average molecular weight is 190 g/mol. The molecule has 3 heteroatoms. The van der Waals surface area contributed by atoms with Crippen molar-refractivity contribution < 1.29 is 4.79 Å². The van der Waals surface area contributed by atoms with Crippen molar-refractivity contribution in [3.8, 4) is 0 Å². The number of aromatic nitrogens is 1. The third-order valence-electron chi connectivity index (χ3n) is 2.78. The number of aryl methyl sites for hydroxylation is 1. The lowest BCUT2D eigenvalue weighted by atomic mass is 9.95. The summed E-state index contributed by atoms with van der Waals surface area (Å²) in [5.41, 5.74) is 3.53. The summed E-state index contributed by atoms with van der Waals surface area (Å²) in [5.74, 6) is 0.206. The minimum atomic E-state index is -0.0221. The first-order chi connectivity index (χ1) is 6.68. The maximum atomic E-state index is 11.2. The van der Waals surface area contributed by atoms with Gasteiger partial charge in [0.15, 0.2) is 5.78 Å². The van der Waals surface area contributed by atoms with Crippen molar-refractivity contribution >= 4 is 11.5 Å². The number of rotatable bonds is 1. The first kappa shape index (κ1) is 9.19. The predicted molar refractivity (Wildman–Crippen MR) is 55.4 cm³/mol. The highest BCUT2D eigenvalue weighted by molar-refractivity contribution is 5.85. The number of nitrogens with one attached hydrogen (secondary N) is 1. The van der Waals surface area contributed by atoms with E-state index in [-0.39, 0.29) is 11.8 Å². The van der Waals surface area contributed by atoms with E-state index in [1.54, 1.807) is 13.1 Å². The van der Waals surface area contributed by atoms with Crippen LogP contribution in [-0.4, -0.2) is 16.8 Å². The molecule has 74 valence electrons. The van der Waals surface area contributed by atoms with Crippen LogP contribution in [0.4, 0.5) is 5.69 Å². The molecule has 0 bridgehead atoms. The Morgan fingerprint density at radius 1 is 1.57 bits per heavy atom. The van der Waals surface area contributed by atoms with Gasteiger partial charge in [-0.25, -0.2) is 0 Å². The van der Waals surface area contributed by atoms with Crippen LogP contribution in [0.2, 0.25) is 0 Å². The number of hydrogen-bond donors (Lipinski definition) is 1. The molecule has 1 unspecified atom stereocenters. The normalized spacial score (nSPS) is 19.7. The molecule has 1 atom stereocenters. The average Bonchev–Trinajstić information content (AvgIpc) is 2.17. The number of carbonyl (C=O) groups is 1. The maximum Gasteiger partial charge on any atom is 0.151 e. The minimum Gasteiger partial charge on any atom is -0.374 e. The molecule has 1 aromatic heterocycles. The van der Waals surface area contributed by atoms with Crippen molar-refractivity contribution in [2.45, 2.75) is 32.7 Å². The Morgan fingerprint density at radius 3 is 3.07 bits per heavy atom. The molecular formula is C11H14N2O. The topological polar surface area (TPSA) is 42.0 Å². The fourth-order valence-electron chi connectivity index (χ4n) is 1.90. The lowest BCUT2D eigenvalue weighted by molar-refractivity contribution is -0.117. The van der Waals surface area contributed by atoms with Crippen LogP contribution in [-0.2, 0) is 11.2 Å². The molecule has 0 amide bonds. The molecule has 2 heterocycles. The third-order valence-corrected chi connectivity index (χ3v) is 2.78. The van der Waals surface area contributed by atoms with Crippen LogP contribution in [0.3, 0.4) is 0 Å². The van der Waals surface area contributed by atoms with Gasteiger partial charge in [-0.1, -0.05) is 0 Å². The van der Waals surface area contributed by atoms with Gasteiger partial charge in [-0.2, -0.15) is 0 Å². The molecule has 1 N–H and O–H groups in total. The summed E-state index contributed by atoms with van der Waals surface area (Å²) in [6, 6.07) is -0.0221. The molecule has 0 saturated carbocycles. The van der Waals surface area contributed by atoms with Gasteiger partial charge in [0, 0.05) is 6.20 Å². The summed E-state index contributed by atoms with van der Waals surface area (Å²) >= 11 is 0. The highest BCUT2D eigenvalue weighted by Gasteiger charge is 2.21. The standard InChI is InChI=1S/C11H14N2O/c1-7-5-12-6-11-9(7)3-4-10(13-11)8(2)14/h5-6,10,13H,3-4H2,1-2H3. The van der Waals surface area contributed by atoms with Gasteiger partial charge < -0.3 is 5.32 Å². The van der Waals surface area contributed by atoms with Gasteiger partial charge in [0.05, 0.1) is 17.9 Å². The molecular weight excluding hydrogens is 176 g/mol. The number of ketones is 1. The Balaban J connectivity index is 2.31. The molecule has 0 spiro atoms. The van der Waals surface area contributed by atoms with E-state index in [0.717, 1.165) is 18.5 Å². The van der Waals surface area contributed by atoms with Gasteiger partial charge in [-0.05, 0) is 37.8 Å². The first-order valence-corrected chi connectivity index (χ1v) is 4.89. The smallest absolute Gasteiger partial charge is 0.151 e. The number of fused-ring (bicyclic) bond motifs is 1. The molecule has 1 aliphatic heterocycles. The van der Waals surface area contributed by atoms with Crippen LogP contribution in [0, 0.1) is 6.92 Å². The zero-order valence-electron chi connectivity index (χ0n) is 8.50. The van der Waals surface area contributed by atoms with Crippen molar-refractivity contribution in [2.24, 2.45) is 0 Å². The molecule has 1 aromatic rings. The van der Waals surface area contributed by atoms with E-state index in [9.17, 15) is 4.79 Å². The van der Waals surface area contributed by atoms with Gasteiger partial charge in [-0.15, -0.1) is 0 Å². The number of hydrogen-bond acceptors (Lipinski definition) is 3. The van der Waals surface area contributed by atoms with Crippen LogP contribution >= 0.6 is 0 Å². The predicted octanol–water partition coefficient (Wildman–Crippen LogP) is 1.71. The molecule has 1 aliphatic rings. The Morgan fingerprint density at radius 2 is 2.36 bits per heavy atom. The second-order valence-electron chi connectivity index (χ2n) is 3.83. The fourth-order valence-corrected chi connectivity index (χ4v) is 1.90. The molecule has 0 radical (unpaired) electrons. The maximum absolute atomic E-state index is 11.2. The SMILES string of the molecule is CC(=O)C1CCc2c(C)cncc2N1. The van der Waals surface area contributed by atoms with E-state index in [4.69, 9.17) is 0 Å². The molecule has 2 rings (SSSR count). The van der Waals surface area contributed by atoms with E-state index in [2.05, 4.69) is 17.2 Å². The molecule has 0 saturated heterocycles. The van der Waals surface area contributed by atoms with E-state index < -0.39 is 0 Å². The Kier molecular flexibility index (Phi) is 2.23. The summed E-state index contributed by atoms with van der Waals surface area (Å²) in [7, 11) is 0. The Labute approximate surface area is 83.5 Å². The molecule has 0 aromatic carbocycles. The van der Waals surface area contributed by atoms with Crippen LogP contribution in [0.25, 0.3) is 0 Å². The Bertz CT molecular complexity index is 374. The zero-order valence-corrected chi connectivity index (χ0v) is 8.50. The summed E-state index contributed by atoms with van der Waals surface area (Å²) in [4.78, 5) is 15.3. The number of pyridine rings is 1. The zero-order chi connectivity index (χ0) is 10.1. The Hall–Kier alpha value is -1.38. The third kappa shape index (κ3) is 1.50. The van der Waals surface area contributed by atoms with Crippen molar-refractivity contribution in [2.75, 3.05) is 5.32 Å². The van der Waals surface area contributed by atoms with Crippen molar-refractivity contribution in [3.63, 3.8) is 0 Å². The van der Waals surface area contributed by atoms with E-state index in [0.29, 0.717) is 0 Å². The van der Waals surface area contributed by atoms with Crippen LogP contribution < -0.4 is 5.32 Å². The van der Waals surface area contributed by atoms with Gasteiger partial charge in [0.1, 0.15) is 0 Å². The highest BCUT2D eigenvalue weighted by atomic mass is 16.1. The van der Waals surface area contributed by atoms with Gasteiger partial charge in [-0.3, -0.25) is 9.78 Å². The summed E-state index contributed by atoms with van der Waals surface area (Å²) in [5, 5.41) is 3.23. The van der Waals surface area contributed by atoms with Crippen LogP contribution in [0.5, 0.6) is 0 Å². The largest absolute Gasteiger partial charge is 0.374 e. The molecule has 0 aliphatic carbocycles. The van der Waals surface area contributed by atoms with Crippen molar-refractivity contribution in [1.29, 1.82) is 0 Å². The summed E-state index contributed by atoms with van der Waals surface area (Å²) < 4.78 is 0. The molecule has 3 nitrogen and oxygen atoms in total. The second kappa shape index (κ2) is 3.40. The summed E-state index contributed by atoms with van der Waals surface area (Å²) in [6.45, 7) is 3.69. The van der Waals surface area contributed by atoms with Gasteiger partial charge in [0.25, 0.3) is 0 Å². The van der Waals surface area contributed by atoms with Gasteiger partial charge >= 0.3 is 0 Å². The highest BCUT2D eigenvalue weighted by Crippen LogP contribution is 2.26. The van der Waals surface area contributed by atoms with E-state index >= 15 is 0 Å². The lowest BCUT2D eigenvalue weighted by Gasteiger charge is -2.25. The number of anilines is 1. The summed E-state index contributed by atoms with van der Waals surface area (Å²) in [6.07, 6.45) is 5.54.